The van der Waals surface area contributed by atoms with E-state index in [1.807, 2.05) is 6.08 Å². The van der Waals surface area contributed by atoms with Gasteiger partial charge in [0.05, 0.1) is 0 Å². The SMILES string of the molecule is CC1=CC(C)[C-]=C1.CC1=CCC(C)(C)c2cc3[cH-]c4cc5c(cc4c3cc21)C(C)=CCC5(C)C.Cc1ccc([C](=[Zr+2])c2ccc(C)cc2)cc1.[Cl-].[Cl-]. The summed E-state index contributed by atoms with van der Waals surface area (Å²) >= 11 is 1.46. The maximum atomic E-state index is 3.15. The van der Waals surface area contributed by atoms with Crippen LogP contribution < -0.4 is 24.8 Å². The molecule has 0 spiro atoms. The van der Waals surface area contributed by atoms with E-state index in [2.05, 4.69) is 172 Å². The molecule has 0 saturated heterocycles. The molecule has 0 fully saturated rings. The summed E-state index contributed by atoms with van der Waals surface area (Å²) in [4.78, 5) is 0. The molecule has 268 valence electrons. The number of benzene rings is 4. The first-order valence-electron chi connectivity index (χ1n) is 18.2. The van der Waals surface area contributed by atoms with Crippen LogP contribution in [0.25, 0.3) is 32.7 Å². The van der Waals surface area contributed by atoms with Crippen LogP contribution in [0.15, 0.2) is 109 Å². The fourth-order valence-corrected chi connectivity index (χ4v) is 8.31. The molecule has 0 N–H and O–H groups in total. The zero-order chi connectivity index (χ0) is 36.0. The molecule has 5 aromatic carbocycles. The van der Waals surface area contributed by atoms with E-state index >= 15 is 0 Å². The Labute approximate surface area is 340 Å². The van der Waals surface area contributed by atoms with Crippen molar-refractivity contribution in [3.8, 4) is 0 Å². The molecule has 0 bridgehead atoms. The van der Waals surface area contributed by atoms with Gasteiger partial charge in [0.1, 0.15) is 0 Å². The summed E-state index contributed by atoms with van der Waals surface area (Å²) in [7, 11) is 0. The molecular formula is C49H52Cl2Zr-2. The van der Waals surface area contributed by atoms with Crippen LogP contribution in [0, 0.1) is 25.8 Å². The predicted molar refractivity (Wildman–Crippen MR) is 216 cm³/mol. The van der Waals surface area contributed by atoms with Crippen LogP contribution in [-0.2, 0) is 35.1 Å². The fraction of sp³-hybridized carbons (Fsp3) is 0.306. The normalized spacial score (nSPS) is 17.5. The molecular weight excluding hydrogens is 751 g/mol. The number of allylic oxidation sites excluding steroid dienone is 8. The summed E-state index contributed by atoms with van der Waals surface area (Å²) in [6.07, 6.45) is 14.5. The monoisotopic (exact) mass is 800 g/mol. The molecule has 8 rings (SSSR count). The number of fused-ring (bicyclic) bond motifs is 5. The quantitative estimate of drug-likeness (QED) is 0.165. The molecule has 0 aromatic heterocycles. The molecule has 52 heavy (non-hydrogen) atoms. The van der Waals surface area contributed by atoms with Gasteiger partial charge in [-0.3, -0.25) is 6.08 Å². The average molecular weight is 803 g/mol. The van der Waals surface area contributed by atoms with Gasteiger partial charge in [0.15, 0.2) is 0 Å². The Hall–Kier alpha value is -2.96. The first-order chi connectivity index (χ1) is 23.6. The van der Waals surface area contributed by atoms with Crippen molar-refractivity contribution in [2.24, 2.45) is 5.92 Å². The number of hydrogen-bond donors (Lipinski definition) is 0. The number of rotatable bonds is 2. The Morgan fingerprint density at radius 1 is 0.654 bits per heavy atom. The third-order valence-electron chi connectivity index (χ3n) is 10.9. The van der Waals surface area contributed by atoms with Gasteiger partial charge in [-0.05, 0) is 59.8 Å². The van der Waals surface area contributed by atoms with Gasteiger partial charge in [-0.1, -0.05) is 75.9 Å². The van der Waals surface area contributed by atoms with Gasteiger partial charge in [-0.25, -0.2) is 11.6 Å². The molecule has 5 aromatic rings. The second kappa shape index (κ2) is 16.6. The summed E-state index contributed by atoms with van der Waals surface area (Å²) in [6.45, 7) is 22.5. The number of halogens is 2. The third-order valence-corrected chi connectivity index (χ3v) is 12.3. The van der Waals surface area contributed by atoms with E-state index in [0.717, 1.165) is 12.8 Å². The maximum Gasteiger partial charge on any atom is -1.00 e. The molecule has 1 unspecified atom stereocenters. The van der Waals surface area contributed by atoms with Crippen molar-refractivity contribution >= 4 is 35.9 Å². The molecule has 0 radical (unpaired) electrons. The van der Waals surface area contributed by atoms with Crippen molar-refractivity contribution in [2.45, 2.75) is 92.9 Å². The Bertz CT molecular complexity index is 2070. The van der Waals surface area contributed by atoms with Crippen LogP contribution in [0.5, 0.6) is 0 Å². The molecule has 0 aliphatic heterocycles. The van der Waals surface area contributed by atoms with E-state index in [9.17, 15) is 0 Å². The molecule has 3 aliphatic carbocycles. The summed E-state index contributed by atoms with van der Waals surface area (Å²) in [6, 6.07) is 29.8. The molecule has 0 saturated carbocycles. The minimum Gasteiger partial charge on any atom is -1.00 e. The zero-order valence-electron chi connectivity index (χ0n) is 32.6. The second-order valence-electron chi connectivity index (χ2n) is 16.2. The third kappa shape index (κ3) is 8.87. The number of hydrogen-bond acceptors (Lipinski definition) is 0. The van der Waals surface area contributed by atoms with Crippen LogP contribution in [0.1, 0.15) is 113 Å². The van der Waals surface area contributed by atoms with Crippen LogP contribution >= 0.6 is 0 Å². The Balaban J connectivity index is 0.000000205. The van der Waals surface area contributed by atoms with Crippen molar-refractivity contribution < 1.29 is 49.0 Å². The first kappa shape index (κ1) is 41.8. The second-order valence-corrected chi connectivity index (χ2v) is 17.4. The van der Waals surface area contributed by atoms with Crippen LogP contribution in [0.2, 0.25) is 0 Å². The smallest absolute Gasteiger partial charge is 1.00 e. The van der Waals surface area contributed by atoms with Crippen molar-refractivity contribution in [1.82, 2.24) is 0 Å². The molecule has 0 amide bonds. The summed E-state index contributed by atoms with van der Waals surface area (Å²) < 4.78 is 1.42. The van der Waals surface area contributed by atoms with E-state index < -0.39 is 0 Å². The van der Waals surface area contributed by atoms with Crippen molar-refractivity contribution in [2.75, 3.05) is 0 Å². The van der Waals surface area contributed by atoms with Crippen LogP contribution in [-0.4, -0.2) is 3.21 Å². The van der Waals surface area contributed by atoms with Crippen LogP contribution in [0.4, 0.5) is 0 Å². The standard InChI is InChI=1S/C27H29.C15H14.C7H9.2ClH.Zr/c1-16-7-9-26(3,4)24-12-18-11-19-13-25-21(17(2)8-10-27(25,5)6)15-23(19)22(18)14-20(16)24;1-12-3-7-14(8-4-12)11-15-9-5-13(2)6-10-15;1-6-3-4-7(2)5-6;;;/h7-8,11-15H,9-10H2,1-6H3;3-10H,1-2H3;3,5,7H,1-2H3;2*1H;/q-1;;-1;;;+2/p-2. The summed E-state index contributed by atoms with van der Waals surface area (Å²) in [5.41, 5.74) is 15.8. The fourth-order valence-electron chi connectivity index (χ4n) is 7.49. The molecule has 1 atom stereocenters. The Morgan fingerprint density at radius 2 is 1.06 bits per heavy atom. The summed E-state index contributed by atoms with van der Waals surface area (Å²) in [5.74, 6) is 0.556. The Morgan fingerprint density at radius 3 is 1.38 bits per heavy atom. The van der Waals surface area contributed by atoms with Gasteiger partial charge >= 0.3 is 112 Å². The molecule has 3 aliphatic rings. The van der Waals surface area contributed by atoms with Gasteiger partial charge < -0.3 is 24.8 Å². The molecule has 0 nitrogen and oxygen atoms in total. The van der Waals surface area contributed by atoms with E-state index in [1.54, 1.807) is 0 Å². The molecule has 0 heterocycles. The van der Waals surface area contributed by atoms with Crippen molar-refractivity contribution in [3.05, 3.63) is 159 Å². The first-order valence-corrected chi connectivity index (χ1v) is 19.4. The van der Waals surface area contributed by atoms with Crippen molar-refractivity contribution in [1.29, 1.82) is 0 Å². The van der Waals surface area contributed by atoms with Gasteiger partial charge in [0, 0.05) is 0 Å². The predicted octanol–water partition coefficient (Wildman–Crippen LogP) is 7.25. The van der Waals surface area contributed by atoms with E-state index in [-0.39, 0.29) is 35.6 Å². The van der Waals surface area contributed by atoms with E-state index in [1.165, 1.54) is 110 Å². The van der Waals surface area contributed by atoms with E-state index in [4.69, 9.17) is 0 Å². The zero-order valence-corrected chi connectivity index (χ0v) is 36.5. The number of aryl methyl sites for hydroxylation is 2. The Kier molecular flexibility index (Phi) is 13.3. The average Bonchev–Trinajstić information content (AvgIpc) is 3.65. The molecule has 3 heteroatoms. The van der Waals surface area contributed by atoms with Crippen molar-refractivity contribution in [3.63, 3.8) is 0 Å². The minimum absolute atomic E-state index is 0. The largest absolute Gasteiger partial charge is 1.00 e. The minimum atomic E-state index is 0. The van der Waals surface area contributed by atoms with Gasteiger partial charge in [-0.15, -0.1) is 46.7 Å². The van der Waals surface area contributed by atoms with Crippen LogP contribution in [0.3, 0.4) is 0 Å². The maximum absolute atomic E-state index is 3.15. The topological polar surface area (TPSA) is 0 Å². The van der Waals surface area contributed by atoms with Gasteiger partial charge in [0.25, 0.3) is 0 Å². The summed E-state index contributed by atoms with van der Waals surface area (Å²) in [5, 5.41) is 5.61. The van der Waals surface area contributed by atoms with Gasteiger partial charge in [0.2, 0.25) is 0 Å². The van der Waals surface area contributed by atoms with Gasteiger partial charge in [-0.2, -0.15) is 6.08 Å². The van der Waals surface area contributed by atoms with E-state index in [0.29, 0.717) is 5.92 Å².